The van der Waals surface area contributed by atoms with Gasteiger partial charge in [0, 0.05) is 11.3 Å². The fourth-order valence-corrected chi connectivity index (χ4v) is 3.11. The van der Waals surface area contributed by atoms with Gasteiger partial charge in [0.05, 0.1) is 0 Å². The predicted octanol–water partition coefficient (Wildman–Crippen LogP) is 4.23. The van der Waals surface area contributed by atoms with E-state index in [0.717, 1.165) is 5.57 Å². The van der Waals surface area contributed by atoms with Crippen molar-refractivity contribution in [3.05, 3.63) is 11.6 Å². The molecule has 0 aromatic heterocycles. The first-order valence-electron chi connectivity index (χ1n) is 6.15. The minimum Gasteiger partial charge on any atom is -0.294 e. The van der Waals surface area contributed by atoms with Crippen LogP contribution in [0.15, 0.2) is 11.6 Å². The van der Waals surface area contributed by atoms with E-state index in [4.69, 9.17) is 0 Å². The Morgan fingerprint density at radius 3 is 1.81 bits per heavy atom. The zero-order chi connectivity index (χ0) is 12.9. The first-order valence-corrected chi connectivity index (χ1v) is 6.15. The number of carbonyl (C=O) groups excluding carboxylic acids is 1. The van der Waals surface area contributed by atoms with Gasteiger partial charge in [-0.2, -0.15) is 0 Å². The highest BCUT2D eigenvalue weighted by Gasteiger charge is 2.56. The van der Waals surface area contributed by atoms with Gasteiger partial charge in [0.1, 0.15) is 0 Å². The number of allylic oxidation sites excluding steroid dienone is 2. The smallest absolute Gasteiger partial charge is 0.165 e. The largest absolute Gasteiger partial charge is 0.294 e. The van der Waals surface area contributed by atoms with Crippen molar-refractivity contribution in [2.24, 2.45) is 22.2 Å². The Kier molecular flexibility index (Phi) is 2.90. The second-order valence-electron chi connectivity index (χ2n) is 7.82. The molecule has 1 nitrogen and oxygen atoms in total. The lowest BCUT2D eigenvalue weighted by molar-refractivity contribution is -0.138. The van der Waals surface area contributed by atoms with Gasteiger partial charge in [-0.3, -0.25) is 4.79 Å². The summed E-state index contributed by atoms with van der Waals surface area (Å²) in [6.07, 6.45) is 2.16. The maximum Gasteiger partial charge on any atom is 0.165 e. The summed E-state index contributed by atoms with van der Waals surface area (Å²) in [5.74, 6) is 0.717. The molecule has 1 aliphatic carbocycles. The van der Waals surface area contributed by atoms with E-state index < -0.39 is 0 Å². The molecular formula is C15H26O. The zero-order valence-electron chi connectivity index (χ0n) is 12.1. The lowest BCUT2D eigenvalue weighted by Gasteiger charge is -2.52. The van der Waals surface area contributed by atoms with Gasteiger partial charge >= 0.3 is 0 Å². The molecule has 0 spiro atoms. The summed E-state index contributed by atoms with van der Waals surface area (Å²) in [6, 6.07) is 0. The molecule has 0 N–H and O–H groups in total. The first kappa shape index (κ1) is 13.5. The van der Waals surface area contributed by atoms with Crippen LogP contribution in [0, 0.1) is 22.2 Å². The Balaban J connectivity index is 3.14. The Morgan fingerprint density at radius 1 is 1.06 bits per heavy atom. The summed E-state index contributed by atoms with van der Waals surface area (Å²) in [5.41, 5.74) is 1.11. The number of hydrogen-bond donors (Lipinski definition) is 0. The van der Waals surface area contributed by atoms with Crippen LogP contribution < -0.4 is 0 Å². The molecule has 1 saturated carbocycles. The van der Waals surface area contributed by atoms with Gasteiger partial charge in [0.15, 0.2) is 5.78 Å². The Morgan fingerprint density at radius 2 is 1.50 bits per heavy atom. The Hall–Kier alpha value is -0.590. The number of ketones is 1. The summed E-state index contributed by atoms with van der Waals surface area (Å²) in [7, 11) is 0. The van der Waals surface area contributed by atoms with Crippen molar-refractivity contribution in [1.29, 1.82) is 0 Å². The van der Waals surface area contributed by atoms with E-state index in [1.807, 2.05) is 0 Å². The standard InChI is InChI=1S/C15H26O/c1-13(2,3)9-10-11(14(4,5)6)15(7,8)12(10)16/h9,11H,1-8H3/b10-9-. The van der Waals surface area contributed by atoms with Gasteiger partial charge in [-0.1, -0.05) is 61.5 Å². The highest BCUT2D eigenvalue weighted by atomic mass is 16.1. The van der Waals surface area contributed by atoms with E-state index in [9.17, 15) is 4.79 Å². The zero-order valence-corrected chi connectivity index (χ0v) is 12.1. The normalized spacial score (nSPS) is 28.1. The van der Waals surface area contributed by atoms with Crippen LogP contribution in [-0.2, 0) is 4.79 Å². The number of Topliss-reactive ketones (excluding diaryl/α,β-unsaturated/α-hetero) is 1. The molecule has 16 heavy (non-hydrogen) atoms. The van der Waals surface area contributed by atoms with Gasteiger partial charge in [0.2, 0.25) is 0 Å². The molecular weight excluding hydrogens is 196 g/mol. The predicted molar refractivity (Wildman–Crippen MR) is 69.3 cm³/mol. The number of hydrogen-bond acceptors (Lipinski definition) is 1. The average molecular weight is 222 g/mol. The molecule has 0 heterocycles. The number of carbonyl (C=O) groups is 1. The van der Waals surface area contributed by atoms with Crippen LogP contribution >= 0.6 is 0 Å². The van der Waals surface area contributed by atoms with Crippen LogP contribution in [0.25, 0.3) is 0 Å². The maximum atomic E-state index is 12.1. The molecule has 1 rings (SSSR count). The maximum absolute atomic E-state index is 12.1. The van der Waals surface area contributed by atoms with Crippen molar-refractivity contribution in [3.8, 4) is 0 Å². The van der Waals surface area contributed by atoms with Crippen molar-refractivity contribution < 1.29 is 4.79 Å². The molecule has 92 valence electrons. The molecule has 0 aliphatic heterocycles. The van der Waals surface area contributed by atoms with Crippen LogP contribution in [-0.4, -0.2) is 5.78 Å². The molecule has 0 aromatic rings. The third-order valence-corrected chi connectivity index (χ3v) is 3.33. The molecule has 1 aliphatic rings. The van der Waals surface area contributed by atoms with Gasteiger partial charge in [-0.15, -0.1) is 0 Å². The van der Waals surface area contributed by atoms with E-state index in [-0.39, 0.29) is 16.2 Å². The van der Waals surface area contributed by atoms with Gasteiger partial charge < -0.3 is 0 Å². The molecule has 1 fully saturated rings. The fourth-order valence-electron chi connectivity index (χ4n) is 3.11. The lowest BCUT2D eigenvalue weighted by atomic mass is 9.49. The van der Waals surface area contributed by atoms with Gasteiger partial charge in [-0.05, 0) is 16.4 Å². The first-order chi connectivity index (χ1) is 6.87. The minimum atomic E-state index is -0.185. The van der Waals surface area contributed by atoms with Crippen molar-refractivity contribution in [1.82, 2.24) is 0 Å². The van der Waals surface area contributed by atoms with Crippen molar-refractivity contribution in [2.45, 2.75) is 55.4 Å². The van der Waals surface area contributed by atoms with Crippen LogP contribution in [0.3, 0.4) is 0 Å². The molecule has 0 bridgehead atoms. The van der Waals surface area contributed by atoms with Crippen molar-refractivity contribution in [2.75, 3.05) is 0 Å². The highest BCUT2D eigenvalue weighted by Crippen LogP contribution is 2.56. The fraction of sp³-hybridized carbons (Fsp3) is 0.800. The summed E-state index contributed by atoms with van der Waals surface area (Å²) in [6.45, 7) is 17.3. The second-order valence-corrected chi connectivity index (χ2v) is 7.82. The van der Waals surface area contributed by atoms with E-state index in [1.165, 1.54) is 0 Å². The summed E-state index contributed by atoms with van der Waals surface area (Å²) in [4.78, 5) is 12.1. The highest BCUT2D eigenvalue weighted by molar-refractivity contribution is 6.07. The molecule has 1 heteroatoms. The third-order valence-electron chi connectivity index (χ3n) is 3.33. The third kappa shape index (κ3) is 2.23. The van der Waals surface area contributed by atoms with Gasteiger partial charge in [-0.25, -0.2) is 0 Å². The van der Waals surface area contributed by atoms with Crippen LogP contribution in [0.4, 0.5) is 0 Å². The Labute approximate surface area is 100 Å². The minimum absolute atomic E-state index is 0.0883. The monoisotopic (exact) mass is 222 g/mol. The molecule has 0 saturated heterocycles. The van der Waals surface area contributed by atoms with Gasteiger partial charge in [0.25, 0.3) is 0 Å². The van der Waals surface area contributed by atoms with Crippen LogP contribution in [0.2, 0.25) is 0 Å². The lowest BCUT2D eigenvalue weighted by Crippen LogP contribution is -2.54. The topological polar surface area (TPSA) is 17.1 Å². The van der Waals surface area contributed by atoms with E-state index in [1.54, 1.807) is 0 Å². The SMILES string of the molecule is CC(C)(C)/C=C1\C(=O)C(C)(C)C1C(C)(C)C. The average Bonchev–Trinajstić information content (AvgIpc) is 1.96. The van der Waals surface area contributed by atoms with E-state index in [0.29, 0.717) is 11.7 Å². The van der Waals surface area contributed by atoms with Crippen molar-refractivity contribution >= 4 is 5.78 Å². The van der Waals surface area contributed by atoms with Crippen molar-refractivity contribution in [3.63, 3.8) is 0 Å². The summed E-state index contributed by atoms with van der Waals surface area (Å²) >= 11 is 0. The van der Waals surface area contributed by atoms with E-state index in [2.05, 4.69) is 61.5 Å². The van der Waals surface area contributed by atoms with E-state index >= 15 is 0 Å². The molecule has 1 atom stereocenters. The quantitative estimate of drug-likeness (QED) is 0.561. The second kappa shape index (κ2) is 3.45. The Bertz CT molecular complexity index is 331. The number of rotatable bonds is 0. The summed E-state index contributed by atoms with van der Waals surface area (Å²) in [5, 5.41) is 0. The summed E-state index contributed by atoms with van der Waals surface area (Å²) < 4.78 is 0. The molecule has 0 radical (unpaired) electrons. The molecule has 1 unspecified atom stereocenters. The van der Waals surface area contributed by atoms with Crippen LogP contribution in [0.5, 0.6) is 0 Å². The molecule has 0 amide bonds. The van der Waals surface area contributed by atoms with Crippen LogP contribution in [0.1, 0.15) is 55.4 Å². The molecule has 0 aromatic carbocycles.